The first kappa shape index (κ1) is 14.5. The Kier molecular flexibility index (Phi) is 5.79. The van der Waals surface area contributed by atoms with Crippen LogP contribution in [0.15, 0.2) is 30.3 Å². The molecule has 0 spiro atoms. The molecule has 1 fully saturated rings. The minimum atomic E-state index is 0.0201. The lowest BCUT2D eigenvalue weighted by atomic mass is 10.2. The van der Waals surface area contributed by atoms with Crippen LogP contribution in [0.2, 0.25) is 0 Å². The van der Waals surface area contributed by atoms with Crippen molar-refractivity contribution in [3.63, 3.8) is 0 Å². The second-order valence-electron chi connectivity index (χ2n) is 5.08. The van der Waals surface area contributed by atoms with Crippen molar-refractivity contribution in [3.8, 4) is 0 Å². The molecule has 1 aliphatic rings. The van der Waals surface area contributed by atoms with E-state index in [4.69, 9.17) is 15.2 Å². The number of benzene rings is 1. The molecule has 4 heteroatoms. The maximum absolute atomic E-state index is 5.98. The van der Waals surface area contributed by atoms with E-state index < -0.39 is 0 Å². The summed E-state index contributed by atoms with van der Waals surface area (Å²) in [7, 11) is 1.68. The van der Waals surface area contributed by atoms with Crippen LogP contribution < -0.4 is 5.73 Å². The van der Waals surface area contributed by atoms with E-state index in [-0.39, 0.29) is 12.2 Å². The zero-order valence-corrected chi connectivity index (χ0v) is 11.6. The minimum absolute atomic E-state index is 0.0201. The van der Waals surface area contributed by atoms with Crippen molar-refractivity contribution in [3.05, 3.63) is 35.9 Å². The van der Waals surface area contributed by atoms with Crippen molar-refractivity contribution in [2.24, 2.45) is 5.73 Å². The van der Waals surface area contributed by atoms with Gasteiger partial charge in [0.15, 0.2) is 0 Å². The molecule has 0 saturated carbocycles. The summed E-state index contributed by atoms with van der Waals surface area (Å²) in [6.45, 7) is 4.16. The highest BCUT2D eigenvalue weighted by molar-refractivity contribution is 5.14. The molecule has 2 rings (SSSR count). The van der Waals surface area contributed by atoms with Gasteiger partial charge < -0.3 is 15.2 Å². The summed E-state index contributed by atoms with van der Waals surface area (Å²) in [5, 5.41) is 0. The fourth-order valence-corrected chi connectivity index (χ4v) is 2.51. The van der Waals surface area contributed by atoms with E-state index in [9.17, 15) is 0 Å². The van der Waals surface area contributed by atoms with Gasteiger partial charge in [0.1, 0.15) is 0 Å². The molecule has 19 heavy (non-hydrogen) atoms. The lowest BCUT2D eigenvalue weighted by molar-refractivity contribution is -0.0386. The van der Waals surface area contributed by atoms with Crippen LogP contribution in [0.4, 0.5) is 0 Å². The van der Waals surface area contributed by atoms with Gasteiger partial charge in [-0.05, 0) is 12.0 Å². The number of likely N-dealkylation sites (tertiary alicyclic amines) is 1. The molecule has 106 valence electrons. The molecule has 2 N–H and O–H groups in total. The fourth-order valence-electron chi connectivity index (χ4n) is 2.51. The quantitative estimate of drug-likeness (QED) is 0.805. The Morgan fingerprint density at radius 2 is 2.16 bits per heavy atom. The van der Waals surface area contributed by atoms with Gasteiger partial charge in [0.2, 0.25) is 0 Å². The summed E-state index contributed by atoms with van der Waals surface area (Å²) in [5.41, 5.74) is 7.03. The number of nitrogens with zero attached hydrogens (tertiary/aromatic N) is 1. The molecule has 1 heterocycles. The van der Waals surface area contributed by atoms with Crippen LogP contribution in [0.3, 0.4) is 0 Å². The average Bonchev–Trinajstić information content (AvgIpc) is 2.86. The summed E-state index contributed by atoms with van der Waals surface area (Å²) >= 11 is 0. The Bertz CT molecular complexity index is 358. The molecule has 0 aromatic heterocycles. The lowest BCUT2D eigenvalue weighted by Gasteiger charge is -2.21. The third kappa shape index (κ3) is 4.58. The Balaban J connectivity index is 1.76. The highest BCUT2D eigenvalue weighted by Crippen LogP contribution is 2.17. The van der Waals surface area contributed by atoms with Crippen molar-refractivity contribution >= 4 is 0 Å². The zero-order chi connectivity index (χ0) is 13.5. The van der Waals surface area contributed by atoms with Crippen LogP contribution in [0, 0.1) is 0 Å². The standard InChI is InChI=1S/C15H24N2O2/c1-18-12-15(9-16)19-14-7-8-17(11-14)10-13-5-3-2-4-6-13/h2-6,14-15H,7-12,16H2,1H3. The first-order valence-corrected chi connectivity index (χ1v) is 6.92. The maximum Gasteiger partial charge on any atom is 0.0934 e. The summed E-state index contributed by atoms with van der Waals surface area (Å²) in [6, 6.07) is 10.6. The smallest absolute Gasteiger partial charge is 0.0934 e. The summed E-state index contributed by atoms with van der Waals surface area (Å²) < 4.78 is 11.1. The third-order valence-electron chi connectivity index (χ3n) is 3.48. The van der Waals surface area contributed by atoms with Crippen LogP contribution in [0.25, 0.3) is 0 Å². The largest absolute Gasteiger partial charge is 0.382 e. The van der Waals surface area contributed by atoms with Gasteiger partial charge >= 0.3 is 0 Å². The summed E-state index contributed by atoms with van der Waals surface area (Å²) in [5.74, 6) is 0. The summed E-state index contributed by atoms with van der Waals surface area (Å²) in [4.78, 5) is 2.43. The molecule has 2 unspecified atom stereocenters. The number of nitrogens with two attached hydrogens (primary N) is 1. The van der Waals surface area contributed by atoms with Crippen molar-refractivity contribution in [2.45, 2.75) is 25.2 Å². The van der Waals surface area contributed by atoms with Crippen LogP contribution >= 0.6 is 0 Å². The van der Waals surface area contributed by atoms with Crippen molar-refractivity contribution in [1.29, 1.82) is 0 Å². The lowest BCUT2D eigenvalue weighted by Crippen LogP contribution is -2.34. The van der Waals surface area contributed by atoms with E-state index in [1.165, 1.54) is 5.56 Å². The average molecular weight is 264 g/mol. The second-order valence-corrected chi connectivity index (χ2v) is 5.08. The Morgan fingerprint density at radius 3 is 2.84 bits per heavy atom. The van der Waals surface area contributed by atoms with Crippen molar-refractivity contribution < 1.29 is 9.47 Å². The highest BCUT2D eigenvalue weighted by Gasteiger charge is 2.25. The SMILES string of the molecule is COCC(CN)OC1CCN(Cc2ccccc2)C1. The van der Waals surface area contributed by atoms with Crippen LogP contribution in [-0.2, 0) is 16.0 Å². The Hall–Kier alpha value is -0.940. The normalized spacial score (nSPS) is 21.7. The molecule has 0 aliphatic carbocycles. The van der Waals surface area contributed by atoms with Gasteiger partial charge in [-0.25, -0.2) is 0 Å². The maximum atomic E-state index is 5.98. The van der Waals surface area contributed by atoms with E-state index in [0.29, 0.717) is 13.2 Å². The topological polar surface area (TPSA) is 47.7 Å². The van der Waals surface area contributed by atoms with Gasteiger partial charge in [0.25, 0.3) is 0 Å². The van der Waals surface area contributed by atoms with E-state index in [1.54, 1.807) is 7.11 Å². The molecule has 1 aromatic rings. The Morgan fingerprint density at radius 1 is 1.37 bits per heavy atom. The van der Waals surface area contributed by atoms with Gasteiger partial charge in [-0.1, -0.05) is 30.3 Å². The minimum Gasteiger partial charge on any atom is -0.382 e. The second kappa shape index (κ2) is 7.60. The van der Waals surface area contributed by atoms with Crippen LogP contribution in [0.5, 0.6) is 0 Å². The van der Waals surface area contributed by atoms with Gasteiger partial charge in [-0.3, -0.25) is 4.90 Å². The molecule has 0 bridgehead atoms. The van der Waals surface area contributed by atoms with Crippen LogP contribution in [-0.4, -0.2) is 50.5 Å². The molecular formula is C15H24N2O2. The third-order valence-corrected chi connectivity index (χ3v) is 3.48. The van der Waals surface area contributed by atoms with Crippen LogP contribution in [0.1, 0.15) is 12.0 Å². The van der Waals surface area contributed by atoms with E-state index in [0.717, 1.165) is 26.1 Å². The molecule has 0 radical (unpaired) electrons. The van der Waals surface area contributed by atoms with Gasteiger partial charge in [0, 0.05) is 33.3 Å². The number of hydrogen-bond donors (Lipinski definition) is 1. The molecule has 1 aliphatic heterocycles. The predicted octanol–water partition coefficient (Wildman–Crippen LogP) is 1.25. The number of hydrogen-bond acceptors (Lipinski definition) is 4. The first-order valence-electron chi connectivity index (χ1n) is 6.92. The summed E-state index contributed by atoms with van der Waals surface area (Å²) in [6.07, 6.45) is 1.38. The molecule has 1 saturated heterocycles. The molecule has 0 amide bonds. The molecular weight excluding hydrogens is 240 g/mol. The highest BCUT2D eigenvalue weighted by atomic mass is 16.5. The Labute approximate surface area is 115 Å². The van der Waals surface area contributed by atoms with Gasteiger partial charge in [-0.15, -0.1) is 0 Å². The molecule has 1 aromatic carbocycles. The number of ether oxygens (including phenoxy) is 2. The monoisotopic (exact) mass is 264 g/mol. The van der Waals surface area contributed by atoms with Crippen molar-refractivity contribution in [2.75, 3.05) is 33.4 Å². The van der Waals surface area contributed by atoms with E-state index >= 15 is 0 Å². The number of methoxy groups -OCH3 is 1. The molecule has 2 atom stereocenters. The molecule has 4 nitrogen and oxygen atoms in total. The van der Waals surface area contributed by atoms with Gasteiger partial charge in [-0.2, -0.15) is 0 Å². The first-order chi connectivity index (χ1) is 9.31. The van der Waals surface area contributed by atoms with Crippen molar-refractivity contribution in [1.82, 2.24) is 4.90 Å². The van der Waals surface area contributed by atoms with E-state index in [2.05, 4.69) is 35.2 Å². The fraction of sp³-hybridized carbons (Fsp3) is 0.600. The van der Waals surface area contributed by atoms with Gasteiger partial charge in [0.05, 0.1) is 18.8 Å². The van der Waals surface area contributed by atoms with E-state index in [1.807, 2.05) is 0 Å². The predicted molar refractivity (Wildman–Crippen MR) is 75.9 cm³/mol. The zero-order valence-electron chi connectivity index (χ0n) is 11.6. The number of rotatable bonds is 7.